The number of pyridine rings is 1. The van der Waals surface area contributed by atoms with Crippen molar-refractivity contribution in [2.24, 2.45) is 0 Å². The second kappa shape index (κ2) is 8.20. The molecule has 4 aromatic rings. The summed E-state index contributed by atoms with van der Waals surface area (Å²) < 4.78 is 0. The molecule has 0 atom stereocenters. The molecule has 0 radical (unpaired) electrons. The minimum atomic E-state index is 0.723. The van der Waals surface area contributed by atoms with Crippen LogP contribution < -0.4 is 9.80 Å². The Morgan fingerprint density at radius 3 is 2.10 bits per heavy atom. The number of benzene rings is 2. The average Bonchev–Trinajstić information content (AvgIpc) is 3.26. The van der Waals surface area contributed by atoms with Crippen LogP contribution in [-0.4, -0.2) is 41.4 Å². The first kappa shape index (κ1) is 18.7. The molecule has 1 N–H and O–H groups in total. The lowest BCUT2D eigenvalue weighted by atomic mass is 10.0. The van der Waals surface area contributed by atoms with Crippen molar-refractivity contribution in [3.63, 3.8) is 0 Å². The van der Waals surface area contributed by atoms with Crippen LogP contribution in [0, 0.1) is 0 Å². The molecule has 1 aliphatic rings. The highest BCUT2D eigenvalue weighted by Gasteiger charge is 2.25. The first-order valence-electron chi connectivity index (χ1n) is 10.1. The van der Waals surface area contributed by atoms with Crippen molar-refractivity contribution in [2.75, 3.05) is 36.0 Å². The molecule has 2 aromatic heterocycles. The molecule has 1 saturated heterocycles. The Morgan fingerprint density at radius 1 is 0.733 bits per heavy atom. The van der Waals surface area contributed by atoms with Crippen molar-refractivity contribution in [3.05, 3.63) is 84.1 Å². The summed E-state index contributed by atoms with van der Waals surface area (Å²) in [6.45, 7) is 3.75. The van der Waals surface area contributed by atoms with Crippen LogP contribution in [-0.2, 0) is 0 Å². The second-order valence-electron chi connectivity index (χ2n) is 7.35. The van der Waals surface area contributed by atoms with Crippen LogP contribution in [0.2, 0.25) is 5.02 Å². The first-order valence-corrected chi connectivity index (χ1v) is 10.5. The molecule has 1 aliphatic heterocycles. The van der Waals surface area contributed by atoms with E-state index in [4.69, 9.17) is 16.7 Å². The molecule has 0 amide bonds. The first-order chi connectivity index (χ1) is 14.8. The summed E-state index contributed by atoms with van der Waals surface area (Å²) in [6.07, 6.45) is 3.65. The van der Waals surface area contributed by atoms with Gasteiger partial charge in [-0.2, -0.15) is 5.10 Å². The van der Waals surface area contributed by atoms with E-state index in [2.05, 4.69) is 50.2 Å². The monoisotopic (exact) mass is 415 g/mol. The van der Waals surface area contributed by atoms with Crippen LogP contribution in [0.5, 0.6) is 0 Å². The van der Waals surface area contributed by atoms with Crippen molar-refractivity contribution in [1.29, 1.82) is 0 Å². The summed E-state index contributed by atoms with van der Waals surface area (Å²) in [5, 5.41) is 8.74. The summed E-state index contributed by atoms with van der Waals surface area (Å²) in [5.41, 5.74) is 5.54. The van der Waals surface area contributed by atoms with Crippen molar-refractivity contribution < 1.29 is 0 Å². The fourth-order valence-corrected chi connectivity index (χ4v) is 4.12. The molecule has 30 heavy (non-hydrogen) atoms. The number of aromatic nitrogens is 3. The van der Waals surface area contributed by atoms with Gasteiger partial charge in [-0.05, 0) is 42.0 Å². The normalized spacial score (nSPS) is 14.2. The zero-order chi connectivity index (χ0) is 20.3. The Labute approximate surface area is 180 Å². The molecule has 0 spiro atoms. The molecule has 0 saturated carbocycles. The minimum absolute atomic E-state index is 0.723. The smallest absolute Gasteiger partial charge is 0.159 e. The zero-order valence-corrected chi connectivity index (χ0v) is 17.3. The van der Waals surface area contributed by atoms with Gasteiger partial charge in [0.1, 0.15) is 0 Å². The van der Waals surface area contributed by atoms with Crippen molar-refractivity contribution in [3.8, 4) is 22.4 Å². The quantitative estimate of drug-likeness (QED) is 0.502. The molecule has 0 unspecified atom stereocenters. The van der Waals surface area contributed by atoms with Gasteiger partial charge in [-0.1, -0.05) is 41.9 Å². The zero-order valence-electron chi connectivity index (χ0n) is 16.5. The lowest BCUT2D eigenvalue weighted by molar-refractivity contribution is 0.647. The van der Waals surface area contributed by atoms with E-state index in [0.29, 0.717) is 0 Å². The number of halogens is 1. The molecule has 5 rings (SSSR count). The lowest BCUT2D eigenvalue weighted by Gasteiger charge is -2.36. The van der Waals surface area contributed by atoms with E-state index in [1.165, 1.54) is 5.69 Å². The van der Waals surface area contributed by atoms with Crippen LogP contribution >= 0.6 is 11.6 Å². The summed E-state index contributed by atoms with van der Waals surface area (Å²) in [6, 6.07) is 22.5. The number of rotatable bonds is 4. The Kier molecular flexibility index (Phi) is 5.11. The molecule has 150 valence electrons. The van der Waals surface area contributed by atoms with Gasteiger partial charge < -0.3 is 9.80 Å². The van der Waals surface area contributed by atoms with E-state index in [1.807, 2.05) is 48.8 Å². The summed E-state index contributed by atoms with van der Waals surface area (Å²) in [7, 11) is 0. The maximum atomic E-state index is 6.10. The van der Waals surface area contributed by atoms with Crippen LogP contribution in [0.1, 0.15) is 0 Å². The van der Waals surface area contributed by atoms with Crippen LogP contribution in [0.4, 0.5) is 11.5 Å². The van der Waals surface area contributed by atoms with E-state index < -0.39 is 0 Å². The molecular formula is C24H22ClN5. The van der Waals surface area contributed by atoms with Crippen molar-refractivity contribution in [2.45, 2.75) is 0 Å². The van der Waals surface area contributed by atoms with Gasteiger partial charge in [0, 0.05) is 54.8 Å². The average molecular weight is 416 g/mol. The highest BCUT2D eigenvalue weighted by molar-refractivity contribution is 6.30. The third kappa shape index (κ3) is 3.64. The van der Waals surface area contributed by atoms with Gasteiger partial charge >= 0.3 is 0 Å². The predicted molar refractivity (Wildman–Crippen MR) is 123 cm³/mol. The fraction of sp³-hybridized carbons (Fsp3) is 0.167. The lowest BCUT2D eigenvalue weighted by Crippen LogP contribution is -2.46. The maximum Gasteiger partial charge on any atom is 0.159 e. The van der Waals surface area contributed by atoms with E-state index in [9.17, 15) is 0 Å². The molecule has 2 aromatic carbocycles. The highest BCUT2D eigenvalue weighted by Crippen LogP contribution is 2.38. The standard InChI is InChI=1S/C24H22ClN5/c25-20-8-6-19(7-9-20)23-22(18-10-12-26-13-11-18)24(28-27-23)30-16-14-29(15-17-30)21-4-2-1-3-5-21/h1-13H,14-17H2,(H,27,28). The Hall–Kier alpha value is -3.31. The van der Waals surface area contributed by atoms with Gasteiger partial charge in [-0.15, -0.1) is 0 Å². The molecule has 0 aliphatic carbocycles. The van der Waals surface area contributed by atoms with E-state index in [-0.39, 0.29) is 0 Å². The Bertz CT molecular complexity index is 1100. The fourth-order valence-electron chi connectivity index (χ4n) is 3.99. The maximum absolute atomic E-state index is 6.10. The summed E-state index contributed by atoms with van der Waals surface area (Å²) in [5.74, 6) is 0.985. The van der Waals surface area contributed by atoms with Crippen LogP contribution in [0.15, 0.2) is 79.1 Å². The van der Waals surface area contributed by atoms with Gasteiger partial charge in [0.2, 0.25) is 0 Å². The molecule has 1 fully saturated rings. The van der Waals surface area contributed by atoms with Gasteiger partial charge in [0.15, 0.2) is 5.82 Å². The third-order valence-electron chi connectivity index (χ3n) is 5.55. The van der Waals surface area contributed by atoms with E-state index in [1.54, 1.807) is 0 Å². The second-order valence-corrected chi connectivity index (χ2v) is 7.79. The topological polar surface area (TPSA) is 48.1 Å². The van der Waals surface area contributed by atoms with Gasteiger partial charge in [-0.3, -0.25) is 10.1 Å². The molecular weight excluding hydrogens is 394 g/mol. The van der Waals surface area contributed by atoms with Gasteiger partial charge in [0.25, 0.3) is 0 Å². The largest absolute Gasteiger partial charge is 0.368 e. The molecule has 3 heterocycles. The van der Waals surface area contributed by atoms with Gasteiger partial charge in [-0.25, -0.2) is 0 Å². The summed E-state index contributed by atoms with van der Waals surface area (Å²) in [4.78, 5) is 8.98. The number of piperazine rings is 1. The molecule has 5 nitrogen and oxygen atoms in total. The Balaban J connectivity index is 1.48. The number of nitrogens with zero attached hydrogens (tertiary/aromatic N) is 4. The van der Waals surface area contributed by atoms with E-state index >= 15 is 0 Å². The van der Waals surface area contributed by atoms with E-state index in [0.717, 1.165) is 59.4 Å². The Morgan fingerprint density at radius 2 is 1.40 bits per heavy atom. The van der Waals surface area contributed by atoms with Crippen LogP contribution in [0.25, 0.3) is 22.4 Å². The highest BCUT2D eigenvalue weighted by atomic mass is 35.5. The number of H-pyrrole nitrogens is 1. The van der Waals surface area contributed by atoms with Gasteiger partial charge in [0.05, 0.1) is 11.3 Å². The number of nitrogens with one attached hydrogen (secondary N) is 1. The summed E-state index contributed by atoms with van der Waals surface area (Å²) >= 11 is 6.10. The number of hydrogen-bond donors (Lipinski definition) is 1. The van der Waals surface area contributed by atoms with Crippen molar-refractivity contribution in [1.82, 2.24) is 15.2 Å². The predicted octanol–water partition coefficient (Wildman–Crippen LogP) is 5.12. The SMILES string of the molecule is Clc1ccc(-c2[nH]nc(N3CCN(c4ccccc4)CC3)c2-c2ccncc2)cc1. The number of anilines is 2. The molecule has 6 heteroatoms. The number of para-hydroxylation sites is 1. The number of hydrogen-bond acceptors (Lipinski definition) is 4. The number of aromatic amines is 1. The van der Waals surface area contributed by atoms with Crippen molar-refractivity contribution >= 4 is 23.1 Å². The van der Waals surface area contributed by atoms with Crippen LogP contribution in [0.3, 0.4) is 0 Å². The molecule has 0 bridgehead atoms. The third-order valence-corrected chi connectivity index (χ3v) is 5.80. The minimum Gasteiger partial charge on any atom is -0.368 e.